The third kappa shape index (κ3) is 4.10. The van der Waals surface area contributed by atoms with E-state index >= 15 is 0 Å². The second kappa shape index (κ2) is 7.13. The van der Waals surface area contributed by atoms with E-state index in [-0.39, 0.29) is 18.4 Å². The van der Waals surface area contributed by atoms with E-state index in [9.17, 15) is 9.59 Å². The number of benzene rings is 1. The van der Waals surface area contributed by atoms with Crippen molar-refractivity contribution in [1.82, 2.24) is 15.1 Å². The molecule has 2 fully saturated rings. The molecule has 124 valence electrons. The fourth-order valence-electron chi connectivity index (χ4n) is 3.21. The second-order valence-corrected chi connectivity index (χ2v) is 6.54. The first-order valence-electron chi connectivity index (χ1n) is 8.50. The summed E-state index contributed by atoms with van der Waals surface area (Å²) in [5.41, 5.74) is 0.586. The third-order valence-electron chi connectivity index (χ3n) is 4.98. The molecule has 3 rings (SSSR count). The minimum atomic E-state index is -0.194. The van der Waals surface area contributed by atoms with E-state index in [1.54, 1.807) is 12.1 Å². The molecule has 0 bridgehead atoms. The number of rotatable bonds is 5. The van der Waals surface area contributed by atoms with Crippen LogP contribution in [-0.2, 0) is 4.79 Å². The molecule has 1 aliphatic carbocycles. The Morgan fingerprint density at radius 1 is 1.13 bits per heavy atom. The van der Waals surface area contributed by atoms with E-state index in [2.05, 4.69) is 17.1 Å². The topological polar surface area (TPSA) is 52.6 Å². The number of nitrogens with one attached hydrogen (secondary N) is 1. The van der Waals surface area contributed by atoms with Crippen LogP contribution in [0.4, 0.5) is 0 Å². The van der Waals surface area contributed by atoms with Crippen LogP contribution in [0.3, 0.4) is 0 Å². The number of piperazine rings is 1. The minimum absolute atomic E-state index is 0.00741. The largest absolute Gasteiger partial charge is 0.343 e. The number of amides is 2. The van der Waals surface area contributed by atoms with Gasteiger partial charge < -0.3 is 10.2 Å². The van der Waals surface area contributed by atoms with Crippen molar-refractivity contribution < 1.29 is 9.59 Å². The Balaban J connectivity index is 1.42. The molecule has 0 aromatic heterocycles. The normalized spacial score (nSPS) is 20.1. The first-order chi connectivity index (χ1) is 11.1. The summed E-state index contributed by atoms with van der Waals surface area (Å²) in [4.78, 5) is 28.6. The standard InChI is InChI=1S/C18H25N3O2/c1-14(15-7-8-15)20-9-11-21(12-10-20)17(22)13-19-18(23)16-5-3-2-4-6-16/h2-6,14-15H,7-13H2,1H3,(H,19,23). The van der Waals surface area contributed by atoms with Crippen molar-refractivity contribution in [2.45, 2.75) is 25.8 Å². The van der Waals surface area contributed by atoms with Gasteiger partial charge in [-0.1, -0.05) is 18.2 Å². The molecule has 1 aliphatic heterocycles. The Bertz CT molecular complexity index is 549. The van der Waals surface area contributed by atoms with E-state index in [1.165, 1.54) is 12.8 Å². The summed E-state index contributed by atoms with van der Waals surface area (Å²) in [6.45, 7) is 5.78. The Morgan fingerprint density at radius 2 is 1.78 bits per heavy atom. The van der Waals surface area contributed by atoms with Crippen LogP contribution < -0.4 is 5.32 Å². The van der Waals surface area contributed by atoms with Crippen molar-refractivity contribution in [2.24, 2.45) is 5.92 Å². The zero-order chi connectivity index (χ0) is 16.2. The van der Waals surface area contributed by atoms with Gasteiger partial charge >= 0.3 is 0 Å². The SMILES string of the molecule is CC(C1CC1)N1CCN(C(=O)CNC(=O)c2ccccc2)CC1. The molecule has 1 atom stereocenters. The van der Waals surface area contributed by atoms with E-state index in [4.69, 9.17) is 0 Å². The molecule has 5 heteroatoms. The smallest absolute Gasteiger partial charge is 0.251 e. The maximum Gasteiger partial charge on any atom is 0.251 e. The second-order valence-electron chi connectivity index (χ2n) is 6.54. The van der Waals surface area contributed by atoms with Crippen LogP contribution >= 0.6 is 0 Å². The molecular formula is C18H25N3O2. The number of carbonyl (C=O) groups excluding carboxylic acids is 2. The van der Waals surface area contributed by atoms with Crippen LogP contribution in [0.25, 0.3) is 0 Å². The molecule has 1 heterocycles. The number of carbonyl (C=O) groups is 2. The lowest BCUT2D eigenvalue weighted by Gasteiger charge is -2.38. The lowest BCUT2D eigenvalue weighted by molar-refractivity contribution is -0.132. The molecule has 2 amide bonds. The highest BCUT2D eigenvalue weighted by molar-refractivity contribution is 5.96. The Morgan fingerprint density at radius 3 is 2.39 bits per heavy atom. The van der Waals surface area contributed by atoms with Crippen LogP contribution in [0.15, 0.2) is 30.3 Å². The molecule has 1 saturated heterocycles. The summed E-state index contributed by atoms with van der Waals surface area (Å²) in [6.07, 6.45) is 2.71. The Kier molecular flexibility index (Phi) is 4.96. The van der Waals surface area contributed by atoms with Crippen LogP contribution in [0.5, 0.6) is 0 Å². The first-order valence-corrected chi connectivity index (χ1v) is 8.50. The van der Waals surface area contributed by atoms with Gasteiger partial charge in [-0.05, 0) is 37.8 Å². The van der Waals surface area contributed by atoms with Crippen molar-refractivity contribution in [3.05, 3.63) is 35.9 Å². The van der Waals surface area contributed by atoms with E-state index < -0.39 is 0 Å². The number of hydrogen-bond donors (Lipinski definition) is 1. The monoisotopic (exact) mass is 315 g/mol. The average Bonchev–Trinajstić information content (AvgIpc) is 3.44. The highest BCUT2D eigenvalue weighted by Crippen LogP contribution is 2.35. The van der Waals surface area contributed by atoms with Crippen molar-refractivity contribution in [3.63, 3.8) is 0 Å². The van der Waals surface area contributed by atoms with Gasteiger partial charge in [0, 0.05) is 37.8 Å². The van der Waals surface area contributed by atoms with Crippen LogP contribution in [-0.4, -0.2) is 60.4 Å². The Labute approximate surface area is 137 Å². The van der Waals surface area contributed by atoms with Gasteiger partial charge in [0.15, 0.2) is 0 Å². The maximum atomic E-state index is 12.2. The molecule has 0 radical (unpaired) electrons. The summed E-state index contributed by atoms with van der Waals surface area (Å²) in [5.74, 6) is 0.676. The molecule has 1 unspecified atom stereocenters. The molecular weight excluding hydrogens is 290 g/mol. The summed E-state index contributed by atoms with van der Waals surface area (Å²) < 4.78 is 0. The van der Waals surface area contributed by atoms with Crippen LogP contribution in [0.2, 0.25) is 0 Å². The van der Waals surface area contributed by atoms with Crippen LogP contribution in [0.1, 0.15) is 30.1 Å². The Hall–Kier alpha value is -1.88. The lowest BCUT2D eigenvalue weighted by atomic mass is 10.1. The van der Waals surface area contributed by atoms with Gasteiger partial charge in [-0.3, -0.25) is 14.5 Å². The fourth-order valence-corrected chi connectivity index (χ4v) is 3.21. The van der Waals surface area contributed by atoms with Gasteiger partial charge in [-0.25, -0.2) is 0 Å². The predicted molar refractivity (Wildman–Crippen MR) is 89.1 cm³/mol. The predicted octanol–water partition coefficient (Wildman–Crippen LogP) is 1.36. The molecule has 23 heavy (non-hydrogen) atoms. The summed E-state index contributed by atoms with van der Waals surface area (Å²) in [5, 5.41) is 2.71. The molecule has 1 saturated carbocycles. The number of hydrogen-bond acceptors (Lipinski definition) is 3. The van der Waals surface area contributed by atoms with Crippen molar-refractivity contribution in [1.29, 1.82) is 0 Å². The number of nitrogens with zero attached hydrogens (tertiary/aromatic N) is 2. The van der Waals surface area contributed by atoms with E-state index in [0.717, 1.165) is 32.1 Å². The van der Waals surface area contributed by atoms with E-state index in [0.29, 0.717) is 11.6 Å². The maximum absolute atomic E-state index is 12.2. The average molecular weight is 315 g/mol. The molecule has 5 nitrogen and oxygen atoms in total. The third-order valence-corrected chi connectivity index (χ3v) is 4.98. The summed E-state index contributed by atoms with van der Waals surface area (Å²) >= 11 is 0. The minimum Gasteiger partial charge on any atom is -0.343 e. The zero-order valence-corrected chi connectivity index (χ0v) is 13.7. The summed E-state index contributed by atoms with van der Waals surface area (Å²) in [6, 6.07) is 9.64. The molecule has 1 N–H and O–H groups in total. The molecule has 2 aliphatic rings. The lowest BCUT2D eigenvalue weighted by Crippen LogP contribution is -2.53. The van der Waals surface area contributed by atoms with Gasteiger partial charge in [0.25, 0.3) is 5.91 Å². The van der Waals surface area contributed by atoms with Gasteiger partial charge in [-0.15, -0.1) is 0 Å². The molecule has 1 aromatic rings. The van der Waals surface area contributed by atoms with E-state index in [1.807, 2.05) is 23.1 Å². The van der Waals surface area contributed by atoms with Crippen molar-refractivity contribution >= 4 is 11.8 Å². The van der Waals surface area contributed by atoms with Gasteiger partial charge in [-0.2, -0.15) is 0 Å². The fraction of sp³-hybridized carbons (Fsp3) is 0.556. The highest BCUT2D eigenvalue weighted by atomic mass is 16.2. The van der Waals surface area contributed by atoms with Crippen LogP contribution in [0, 0.1) is 5.92 Å². The first kappa shape index (κ1) is 16.0. The molecule has 1 aromatic carbocycles. The van der Waals surface area contributed by atoms with Gasteiger partial charge in [0.2, 0.25) is 5.91 Å². The molecule has 0 spiro atoms. The van der Waals surface area contributed by atoms with Crippen molar-refractivity contribution in [2.75, 3.05) is 32.7 Å². The summed E-state index contributed by atoms with van der Waals surface area (Å²) in [7, 11) is 0. The van der Waals surface area contributed by atoms with Gasteiger partial charge in [0.1, 0.15) is 0 Å². The zero-order valence-electron chi connectivity index (χ0n) is 13.7. The highest BCUT2D eigenvalue weighted by Gasteiger charge is 2.33. The van der Waals surface area contributed by atoms with Crippen molar-refractivity contribution in [3.8, 4) is 0 Å². The van der Waals surface area contributed by atoms with Gasteiger partial charge in [0.05, 0.1) is 6.54 Å². The quantitative estimate of drug-likeness (QED) is 0.892.